The highest BCUT2D eigenvalue weighted by atomic mass is 79.9. The van der Waals surface area contributed by atoms with Gasteiger partial charge in [0.2, 0.25) is 5.91 Å². The number of aliphatic carboxylic acids is 1. The molecule has 1 aliphatic heterocycles. The van der Waals surface area contributed by atoms with Crippen LogP contribution in [0.15, 0.2) is 28.7 Å². The average molecular weight is 327 g/mol. The number of hydrogen-bond acceptors (Lipinski definition) is 3. The van der Waals surface area contributed by atoms with E-state index in [1.165, 1.54) is 0 Å². The zero-order valence-corrected chi connectivity index (χ0v) is 11.8. The van der Waals surface area contributed by atoms with Crippen molar-refractivity contribution in [3.05, 3.63) is 34.3 Å². The van der Waals surface area contributed by atoms with Gasteiger partial charge in [-0.05, 0) is 17.7 Å². The van der Waals surface area contributed by atoms with Crippen molar-refractivity contribution in [1.82, 2.24) is 4.90 Å². The molecule has 0 aliphatic carbocycles. The van der Waals surface area contributed by atoms with Crippen LogP contribution < -0.4 is 5.73 Å². The number of nitrogens with two attached hydrogens (primary N) is 1. The Morgan fingerprint density at radius 2 is 2.11 bits per heavy atom. The van der Waals surface area contributed by atoms with Crippen LogP contribution in [0.2, 0.25) is 0 Å². The van der Waals surface area contributed by atoms with Crippen LogP contribution in [-0.2, 0) is 9.59 Å². The molecule has 3 N–H and O–H groups in total. The van der Waals surface area contributed by atoms with Crippen molar-refractivity contribution in [1.29, 1.82) is 0 Å². The second kappa shape index (κ2) is 5.71. The van der Waals surface area contributed by atoms with Crippen molar-refractivity contribution in [3.8, 4) is 0 Å². The molecule has 0 radical (unpaired) electrons. The van der Waals surface area contributed by atoms with E-state index < -0.39 is 12.0 Å². The highest BCUT2D eigenvalue weighted by molar-refractivity contribution is 9.10. The molecular weight excluding hydrogens is 312 g/mol. The first-order valence-electron chi connectivity index (χ1n) is 5.99. The smallest absolute Gasteiger partial charge is 0.305 e. The van der Waals surface area contributed by atoms with Crippen molar-refractivity contribution in [2.75, 3.05) is 6.54 Å². The molecule has 5 nitrogen and oxygen atoms in total. The highest BCUT2D eigenvalue weighted by Gasteiger charge is 2.34. The Bertz CT molecular complexity index is 489. The number of hydrogen-bond donors (Lipinski definition) is 2. The highest BCUT2D eigenvalue weighted by Crippen LogP contribution is 2.29. The largest absolute Gasteiger partial charge is 0.481 e. The molecule has 1 fully saturated rings. The number of carboxylic acid groups (broad SMARTS) is 1. The van der Waals surface area contributed by atoms with Gasteiger partial charge in [0.25, 0.3) is 0 Å². The number of halogens is 1. The summed E-state index contributed by atoms with van der Waals surface area (Å²) in [5, 5.41) is 9.03. The van der Waals surface area contributed by atoms with Gasteiger partial charge in [-0.15, -0.1) is 0 Å². The fraction of sp³-hybridized carbons (Fsp3) is 0.385. The maximum Gasteiger partial charge on any atom is 0.305 e. The number of benzene rings is 1. The van der Waals surface area contributed by atoms with Gasteiger partial charge in [-0.3, -0.25) is 9.59 Å². The van der Waals surface area contributed by atoms with E-state index in [1.807, 2.05) is 24.3 Å². The molecular formula is C13H15BrN2O3. The van der Waals surface area contributed by atoms with E-state index in [2.05, 4.69) is 15.9 Å². The molecule has 0 bridgehead atoms. The van der Waals surface area contributed by atoms with E-state index in [9.17, 15) is 9.59 Å². The van der Waals surface area contributed by atoms with E-state index in [0.29, 0.717) is 6.54 Å². The summed E-state index contributed by atoms with van der Waals surface area (Å²) in [5.74, 6) is -1.01. The van der Waals surface area contributed by atoms with Crippen molar-refractivity contribution in [2.45, 2.75) is 24.9 Å². The standard InChI is InChI=1S/C13H15BrN2O3/c14-9-3-1-8(2-4-9)11(6-13(18)19)16-7-10(15)5-12(16)17/h1-4,10-11H,5-7,15H2,(H,18,19). The number of likely N-dealkylation sites (tertiary alicyclic amines) is 1. The Balaban J connectivity index is 2.28. The molecule has 1 amide bonds. The second-order valence-corrected chi connectivity index (χ2v) is 5.59. The van der Waals surface area contributed by atoms with Crippen LogP contribution in [0.4, 0.5) is 0 Å². The number of nitrogens with zero attached hydrogens (tertiary/aromatic N) is 1. The lowest BCUT2D eigenvalue weighted by Crippen LogP contribution is -2.33. The Kier molecular flexibility index (Phi) is 4.21. The lowest BCUT2D eigenvalue weighted by Gasteiger charge is -2.27. The summed E-state index contributed by atoms with van der Waals surface area (Å²) in [7, 11) is 0. The van der Waals surface area contributed by atoms with Gasteiger partial charge in [0.15, 0.2) is 0 Å². The molecule has 1 aliphatic rings. The van der Waals surface area contributed by atoms with Gasteiger partial charge >= 0.3 is 5.97 Å². The molecule has 1 aromatic rings. The first-order chi connectivity index (χ1) is 8.97. The molecule has 1 heterocycles. The van der Waals surface area contributed by atoms with Crippen LogP contribution in [0.3, 0.4) is 0 Å². The van der Waals surface area contributed by atoms with Gasteiger partial charge in [-0.25, -0.2) is 0 Å². The molecule has 2 atom stereocenters. The molecule has 1 aromatic carbocycles. The summed E-state index contributed by atoms with van der Waals surface area (Å²) in [6, 6.07) is 6.67. The number of carboxylic acids is 1. The monoisotopic (exact) mass is 326 g/mol. The van der Waals surface area contributed by atoms with Crippen LogP contribution in [0, 0.1) is 0 Å². The quantitative estimate of drug-likeness (QED) is 0.878. The molecule has 2 unspecified atom stereocenters. The normalized spacial score (nSPS) is 20.6. The van der Waals surface area contributed by atoms with Crippen molar-refractivity contribution < 1.29 is 14.7 Å². The molecule has 0 aromatic heterocycles. The van der Waals surface area contributed by atoms with Gasteiger partial charge in [0, 0.05) is 23.5 Å². The minimum absolute atomic E-state index is 0.0818. The van der Waals surface area contributed by atoms with Crippen LogP contribution in [-0.4, -0.2) is 34.5 Å². The maximum absolute atomic E-state index is 11.9. The van der Waals surface area contributed by atoms with Crippen LogP contribution in [0.1, 0.15) is 24.4 Å². The van der Waals surface area contributed by atoms with Gasteiger partial charge in [0.1, 0.15) is 0 Å². The summed E-state index contributed by atoms with van der Waals surface area (Å²) in [6.45, 7) is 0.410. The average Bonchev–Trinajstić information content (AvgIpc) is 2.66. The summed E-state index contributed by atoms with van der Waals surface area (Å²) in [6.07, 6.45) is 0.173. The minimum Gasteiger partial charge on any atom is -0.481 e. The summed E-state index contributed by atoms with van der Waals surface area (Å²) >= 11 is 3.33. The van der Waals surface area contributed by atoms with Crippen molar-refractivity contribution in [3.63, 3.8) is 0 Å². The molecule has 102 valence electrons. The SMILES string of the molecule is NC1CC(=O)N(C(CC(=O)O)c2ccc(Br)cc2)C1. The first kappa shape index (κ1) is 14.0. The first-order valence-corrected chi connectivity index (χ1v) is 6.79. The summed E-state index contributed by atoms with van der Waals surface area (Å²) in [5.41, 5.74) is 6.58. The predicted molar refractivity (Wildman–Crippen MR) is 73.4 cm³/mol. The van der Waals surface area contributed by atoms with Crippen LogP contribution >= 0.6 is 15.9 Å². The van der Waals surface area contributed by atoms with Crippen molar-refractivity contribution in [2.24, 2.45) is 5.73 Å². The zero-order valence-electron chi connectivity index (χ0n) is 10.3. The summed E-state index contributed by atoms with van der Waals surface area (Å²) < 4.78 is 0.912. The maximum atomic E-state index is 11.9. The third-order valence-corrected chi connectivity index (χ3v) is 3.72. The van der Waals surface area contributed by atoms with E-state index in [4.69, 9.17) is 10.8 Å². The lowest BCUT2D eigenvalue weighted by molar-refractivity contribution is -0.139. The lowest BCUT2D eigenvalue weighted by atomic mass is 10.0. The zero-order chi connectivity index (χ0) is 14.0. The predicted octanol–water partition coefficient (Wildman–Crippen LogP) is 1.52. The Hall–Kier alpha value is -1.40. The van der Waals surface area contributed by atoms with Gasteiger partial charge < -0.3 is 15.7 Å². The van der Waals surface area contributed by atoms with E-state index in [1.54, 1.807) is 4.90 Å². The topological polar surface area (TPSA) is 83.6 Å². The van der Waals surface area contributed by atoms with Gasteiger partial charge in [0.05, 0.1) is 12.5 Å². The molecule has 2 rings (SSSR count). The van der Waals surface area contributed by atoms with E-state index in [0.717, 1.165) is 10.0 Å². The van der Waals surface area contributed by atoms with Crippen LogP contribution in [0.25, 0.3) is 0 Å². The van der Waals surface area contributed by atoms with Crippen LogP contribution in [0.5, 0.6) is 0 Å². The van der Waals surface area contributed by atoms with E-state index >= 15 is 0 Å². The number of carbonyl (C=O) groups excluding carboxylic acids is 1. The van der Waals surface area contributed by atoms with E-state index in [-0.39, 0.29) is 24.8 Å². The second-order valence-electron chi connectivity index (χ2n) is 4.68. The Morgan fingerprint density at radius 3 is 2.58 bits per heavy atom. The van der Waals surface area contributed by atoms with Crippen molar-refractivity contribution >= 4 is 27.8 Å². The van der Waals surface area contributed by atoms with Gasteiger partial charge in [-0.2, -0.15) is 0 Å². The number of carbonyl (C=O) groups is 2. The summed E-state index contributed by atoms with van der Waals surface area (Å²) in [4.78, 5) is 24.5. The number of amides is 1. The molecule has 6 heteroatoms. The molecule has 19 heavy (non-hydrogen) atoms. The molecule has 0 saturated carbocycles. The molecule has 0 spiro atoms. The minimum atomic E-state index is -0.929. The van der Waals surface area contributed by atoms with Gasteiger partial charge in [-0.1, -0.05) is 28.1 Å². The fourth-order valence-electron chi connectivity index (χ4n) is 2.32. The third kappa shape index (κ3) is 3.33. The Labute approximate surface area is 119 Å². The Morgan fingerprint density at radius 1 is 1.47 bits per heavy atom. The molecule has 1 saturated heterocycles. The number of rotatable bonds is 4. The third-order valence-electron chi connectivity index (χ3n) is 3.19. The fourth-order valence-corrected chi connectivity index (χ4v) is 2.58.